The second kappa shape index (κ2) is 9.37. The summed E-state index contributed by atoms with van der Waals surface area (Å²) >= 11 is 1.54. The highest BCUT2D eigenvalue weighted by atomic mass is 32.1. The van der Waals surface area contributed by atoms with E-state index >= 15 is 0 Å². The van der Waals surface area contributed by atoms with Gasteiger partial charge in [0.05, 0.1) is 25.3 Å². The Morgan fingerprint density at radius 2 is 1.62 bits per heavy atom. The van der Waals surface area contributed by atoms with Gasteiger partial charge in [0.2, 0.25) is 0 Å². The molecule has 0 saturated heterocycles. The van der Waals surface area contributed by atoms with Crippen molar-refractivity contribution < 1.29 is 9.47 Å². The van der Waals surface area contributed by atoms with Crippen molar-refractivity contribution in [3.05, 3.63) is 99.9 Å². The lowest BCUT2D eigenvalue weighted by molar-refractivity contribution is 0.356. The standard InChI is InChI=1S/C28H22N2O3S/c1-32-23-16-21-22(17-24(23)33-2)30-28(31)27(25-7-4-14-34-25)26(21)20-6-3-5-19(15-20)9-8-18-10-12-29-13-11-18/h3-17H,1-2H3,(H,30,31)/b9-8+. The van der Waals surface area contributed by atoms with E-state index in [0.717, 1.165) is 32.5 Å². The zero-order valence-electron chi connectivity index (χ0n) is 18.7. The number of pyridine rings is 2. The highest BCUT2D eigenvalue weighted by Gasteiger charge is 2.19. The summed E-state index contributed by atoms with van der Waals surface area (Å²) in [5.41, 5.74) is 5.10. The number of hydrogen-bond donors (Lipinski definition) is 1. The summed E-state index contributed by atoms with van der Waals surface area (Å²) in [6.45, 7) is 0. The Kier molecular flexibility index (Phi) is 5.97. The fourth-order valence-corrected chi connectivity index (χ4v) is 4.82. The van der Waals surface area contributed by atoms with Gasteiger partial charge in [-0.25, -0.2) is 0 Å². The normalized spacial score (nSPS) is 11.2. The maximum atomic E-state index is 13.3. The van der Waals surface area contributed by atoms with Crippen LogP contribution in [0.25, 0.3) is 44.6 Å². The molecule has 0 saturated carbocycles. The molecular weight excluding hydrogens is 444 g/mol. The van der Waals surface area contributed by atoms with E-state index in [1.54, 1.807) is 38.0 Å². The number of nitrogens with one attached hydrogen (secondary N) is 1. The second-order valence-corrected chi connectivity index (χ2v) is 8.62. The molecule has 34 heavy (non-hydrogen) atoms. The highest BCUT2D eigenvalue weighted by molar-refractivity contribution is 7.13. The van der Waals surface area contributed by atoms with E-state index in [9.17, 15) is 4.79 Å². The Labute approximate surface area is 201 Å². The Morgan fingerprint density at radius 1 is 0.853 bits per heavy atom. The summed E-state index contributed by atoms with van der Waals surface area (Å²) in [5, 5.41) is 2.86. The fourth-order valence-electron chi connectivity index (χ4n) is 4.04. The number of methoxy groups -OCH3 is 2. The van der Waals surface area contributed by atoms with Crippen LogP contribution in [0.3, 0.4) is 0 Å². The molecule has 6 heteroatoms. The molecule has 0 unspecified atom stereocenters. The molecule has 2 aromatic carbocycles. The first kappa shape index (κ1) is 21.7. The van der Waals surface area contributed by atoms with Gasteiger partial charge in [-0.05, 0) is 52.4 Å². The molecule has 0 fully saturated rings. The summed E-state index contributed by atoms with van der Waals surface area (Å²) < 4.78 is 11.0. The van der Waals surface area contributed by atoms with Crippen LogP contribution in [0.4, 0.5) is 0 Å². The summed E-state index contributed by atoms with van der Waals surface area (Å²) in [5.74, 6) is 1.17. The number of fused-ring (bicyclic) bond motifs is 1. The molecule has 5 nitrogen and oxygen atoms in total. The molecule has 1 N–H and O–H groups in total. The maximum absolute atomic E-state index is 13.3. The lowest BCUT2D eigenvalue weighted by atomic mass is 9.94. The third-order valence-corrected chi connectivity index (χ3v) is 6.52. The van der Waals surface area contributed by atoms with Gasteiger partial charge in [-0.2, -0.15) is 0 Å². The number of thiophene rings is 1. The van der Waals surface area contributed by atoms with Crippen LogP contribution in [0.15, 0.2) is 83.2 Å². The molecule has 0 atom stereocenters. The molecule has 3 heterocycles. The monoisotopic (exact) mass is 466 g/mol. The highest BCUT2D eigenvalue weighted by Crippen LogP contribution is 2.41. The molecule has 5 aromatic rings. The van der Waals surface area contributed by atoms with E-state index < -0.39 is 0 Å². The first-order valence-corrected chi connectivity index (χ1v) is 11.6. The Balaban J connectivity index is 1.75. The minimum Gasteiger partial charge on any atom is -0.493 e. The van der Waals surface area contributed by atoms with Gasteiger partial charge in [-0.3, -0.25) is 9.78 Å². The Bertz CT molecular complexity index is 1540. The van der Waals surface area contributed by atoms with Crippen molar-refractivity contribution >= 4 is 34.4 Å². The first-order valence-electron chi connectivity index (χ1n) is 10.7. The van der Waals surface area contributed by atoms with E-state index in [0.29, 0.717) is 22.6 Å². The van der Waals surface area contributed by atoms with E-state index in [1.165, 1.54) is 0 Å². The largest absolute Gasteiger partial charge is 0.493 e. The SMILES string of the molecule is COc1cc2[nH]c(=O)c(-c3cccs3)c(-c3cccc(/C=C/c4ccncc4)c3)c2cc1OC. The number of H-pyrrole nitrogens is 1. The van der Waals surface area contributed by atoms with Crippen LogP contribution in [-0.4, -0.2) is 24.2 Å². The predicted molar refractivity (Wildman–Crippen MR) is 140 cm³/mol. The average Bonchev–Trinajstić information content (AvgIpc) is 3.41. The van der Waals surface area contributed by atoms with Gasteiger partial charge in [-0.1, -0.05) is 36.4 Å². The zero-order chi connectivity index (χ0) is 23.5. The van der Waals surface area contributed by atoms with Crippen molar-refractivity contribution in [2.75, 3.05) is 14.2 Å². The molecule has 0 spiro atoms. The van der Waals surface area contributed by atoms with Crippen molar-refractivity contribution in [2.45, 2.75) is 0 Å². The van der Waals surface area contributed by atoms with Gasteiger partial charge in [0.1, 0.15) is 0 Å². The Morgan fingerprint density at radius 3 is 2.35 bits per heavy atom. The quantitative estimate of drug-likeness (QED) is 0.310. The minimum atomic E-state index is -0.144. The lowest BCUT2D eigenvalue weighted by Gasteiger charge is -2.15. The summed E-state index contributed by atoms with van der Waals surface area (Å²) in [7, 11) is 3.20. The number of hydrogen-bond acceptors (Lipinski definition) is 5. The Hall–Kier alpha value is -4.16. The van der Waals surface area contributed by atoms with E-state index in [4.69, 9.17) is 9.47 Å². The van der Waals surface area contributed by atoms with Crippen LogP contribution < -0.4 is 15.0 Å². The third kappa shape index (κ3) is 4.11. The molecule has 168 valence electrons. The van der Waals surface area contributed by atoms with Gasteiger partial charge >= 0.3 is 0 Å². The molecule has 5 rings (SSSR count). The summed E-state index contributed by atoms with van der Waals surface area (Å²) in [6, 6.07) is 19.8. The molecule has 3 aromatic heterocycles. The smallest absolute Gasteiger partial charge is 0.257 e. The summed E-state index contributed by atoms with van der Waals surface area (Å²) in [6.07, 6.45) is 7.65. The minimum absolute atomic E-state index is 0.144. The number of aromatic nitrogens is 2. The van der Waals surface area contributed by atoms with Crippen LogP contribution in [0.2, 0.25) is 0 Å². The van der Waals surface area contributed by atoms with Crippen molar-refractivity contribution in [3.8, 4) is 33.1 Å². The summed E-state index contributed by atoms with van der Waals surface area (Å²) in [4.78, 5) is 21.3. The first-order chi connectivity index (χ1) is 16.7. The fraction of sp³-hybridized carbons (Fsp3) is 0.0714. The van der Waals surface area contributed by atoms with E-state index in [1.807, 2.05) is 66.1 Å². The topological polar surface area (TPSA) is 64.2 Å². The van der Waals surface area contributed by atoms with Crippen molar-refractivity contribution in [1.29, 1.82) is 0 Å². The lowest BCUT2D eigenvalue weighted by Crippen LogP contribution is -2.11. The van der Waals surface area contributed by atoms with E-state index in [-0.39, 0.29) is 5.56 Å². The molecule has 0 aliphatic carbocycles. The molecule has 0 aliphatic heterocycles. The number of ether oxygens (including phenoxy) is 2. The maximum Gasteiger partial charge on any atom is 0.257 e. The number of benzene rings is 2. The molecule has 0 amide bonds. The van der Waals surface area contributed by atoms with Crippen LogP contribution in [0, 0.1) is 0 Å². The van der Waals surface area contributed by atoms with Crippen LogP contribution in [0.5, 0.6) is 11.5 Å². The van der Waals surface area contributed by atoms with E-state index in [2.05, 4.69) is 22.1 Å². The van der Waals surface area contributed by atoms with Crippen LogP contribution >= 0.6 is 11.3 Å². The number of nitrogens with zero attached hydrogens (tertiary/aromatic N) is 1. The number of rotatable bonds is 6. The van der Waals surface area contributed by atoms with Gasteiger partial charge in [-0.15, -0.1) is 11.3 Å². The van der Waals surface area contributed by atoms with Crippen molar-refractivity contribution in [3.63, 3.8) is 0 Å². The van der Waals surface area contributed by atoms with Gasteiger partial charge < -0.3 is 14.5 Å². The van der Waals surface area contributed by atoms with Gasteiger partial charge in [0.15, 0.2) is 11.5 Å². The molecule has 0 aliphatic rings. The van der Waals surface area contributed by atoms with Gasteiger partial charge in [0.25, 0.3) is 5.56 Å². The van der Waals surface area contributed by atoms with Crippen LogP contribution in [-0.2, 0) is 0 Å². The molecule has 0 radical (unpaired) electrons. The van der Waals surface area contributed by atoms with Crippen molar-refractivity contribution in [2.24, 2.45) is 0 Å². The predicted octanol–water partition coefficient (Wildman–Crippen LogP) is 6.51. The second-order valence-electron chi connectivity index (χ2n) is 7.67. The molecule has 0 bridgehead atoms. The van der Waals surface area contributed by atoms with Crippen LogP contribution in [0.1, 0.15) is 11.1 Å². The third-order valence-electron chi connectivity index (χ3n) is 5.64. The van der Waals surface area contributed by atoms with Crippen molar-refractivity contribution in [1.82, 2.24) is 9.97 Å². The average molecular weight is 467 g/mol. The molecular formula is C28H22N2O3S. The number of aromatic amines is 1. The zero-order valence-corrected chi connectivity index (χ0v) is 19.6. The van der Waals surface area contributed by atoms with Gasteiger partial charge in [0, 0.05) is 34.3 Å².